The van der Waals surface area contributed by atoms with Crippen LogP contribution in [0.25, 0.3) is 10.9 Å². The molecule has 1 aromatic carbocycles. The van der Waals surface area contributed by atoms with Crippen LogP contribution >= 0.6 is 0 Å². The Morgan fingerprint density at radius 1 is 1.25 bits per heavy atom. The fraction of sp³-hybridized carbons (Fsp3) is 0.409. The third-order valence-corrected chi connectivity index (χ3v) is 8.04. The quantitative estimate of drug-likeness (QED) is 0.568. The molecule has 0 bridgehead atoms. The minimum absolute atomic E-state index is 0.0775. The molecule has 2 aromatic heterocycles. The second kappa shape index (κ2) is 7.76. The molecule has 2 N–H and O–H groups in total. The Morgan fingerprint density at radius 3 is 2.59 bits per heavy atom. The second-order valence-electron chi connectivity index (χ2n) is 8.70. The highest BCUT2D eigenvalue weighted by Crippen LogP contribution is 2.43. The monoisotopic (exact) mass is 452 g/mol. The fourth-order valence-electron chi connectivity index (χ4n) is 4.30. The standard InChI is InChI=1S/C22H24N6O3S/c1-14-12-27(13-14)32(30,31)17-6-4-16(5-7-17)25-21-20-19(9-11-24-22(20)29)28(26-21)18(8-10-23)15-2-3-15/h4-7,9,11,14-15,18H,2-3,8,12-13H2,1H3,(H,24,29)(H,25,26). The average Bonchev–Trinajstić information content (AvgIpc) is 3.52. The van der Waals surface area contributed by atoms with Gasteiger partial charge in [-0.05, 0) is 55.0 Å². The topological polar surface area (TPSA) is 124 Å². The lowest BCUT2D eigenvalue weighted by Crippen LogP contribution is -2.48. The molecule has 0 radical (unpaired) electrons. The first-order chi connectivity index (χ1) is 15.4. The predicted octanol–water partition coefficient (Wildman–Crippen LogP) is 2.97. The molecule has 2 fully saturated rings. The van der Waals surface area contributed by atoms with Gasteiger partial charge in [0.1, 0.15) is 5.39 Å². The number of fused-ring (bicyclic) bond motifs is 1. The van der Waals surface area contributed by atoms with Gasteiger partial charge in [0.15, 0.2) is 5.82 Å². The number of pyridine rings is 1. The summed E-state index contributed by atoms with van der Waals surface area (Å²) in [4.78, 5) is 15.5. The maximum absolute atomic E-state index is 12.7. The fourth-order valence-corrected chi connectivity index (χ4v) is 5.98. The highest BCUT2D eigenvalue weighted by atomic mass is 32.2. The van der Waals surface area contributed by atoms with Crippen LogP contribution in [0.3, 0.4) is 0 Å². The number of sulfonamides is 1. The van der Waals surface area contributed by atoms with Crippen LogP contribution in [-0.4, -0.2) is 40.6 Å². The van der Waals surface area contributed by atoms with Crippen LogP contribution in [-0.2, 0) is 10.0 Å². The van der Waals surface area contributed by atoms with Gasteiger partial charge in [0.05, 0.1) is 28.9 Å². The largest absolute Gasteiger partial charge is 0.338 e. The molecule has 1 aliphatic carbocycles. The Labute approximate surface area is 185 Å². The van der Waals surface area contributed by atoms with Crippen LogP contribution in [0.1, 0.15) is 32.2 Å². The Morgan fingerprint density at radius 2 is 1.97 bits per heavy atom. The van der Waals surface area contributed by atoms with Crippen molar-refractivity contribution in [1.82, 2.24) is 19.1 Å². The normalized spacial score (nSPS) is 18.2. The van der Waals surface area contributed by atoms with Gasteiger partial charge in [-0.1, -0.05) is 6.92 Å². The van der Waals surface area contributed by atoms with Gasteiger partial charge in [-0.2, -0.15) is 14.7 Å². The first kappa shape index (κ1) is 20.7. The Balaban J connectivity index is 1.47. The Bertz CT molecular complexity index is 1360. The lowest BCUT2D eigenvalue weighted by Gasteiger charge is -2.35. The molecule has 0 amide bonds. The maximum atomic E-state index is 12.7. The van der Waals surface area contributed by atoms with Gasteiger partial charge in [-0.3, -0.25) is 9.48 Å². The molecule has 32 heavy (non-hydrogen) atoms. The minimum atomic E-state index is -3.48. The number of nitriles is 1. The van der Waals surface area contributed by atoms with Crippen molar-refractivity contribution in [2.45, 2.75) is 37.1 Å². The van der Waals surface area contributed by atoms with Gasteiger partial charge in [-0.15, -0.1) is 0 Å². The number of rotatable bonds is 7. The molecule has 1 saturated heterocycles. The van der Waals surface area contributed by atoms with Crippen LogP contribution in [0, 0.1) is 23.2 Å². The molecule has 9 nitrogen and oxygen atoms in total. The van der Waals surface area contributed by atoms with E-state index < -0.39 is 10.0 Å². The van der Waals surface area contributed by atoms with Crippen molar-refractivity contribution < 1.29 is 8.42 Å². The molecule has 1 unspecified atom stereocenters. The minimum Gasteiger partial charge on any atom is -0.338 e. The lowest BCUT2D eigenvalue weighted by molar-refractivity contribution is 0.218. The summed E-state index contributed by atoms with van der Waals surface area (Å²) in [6.07, 6.45) is 4.01. The second-order valence-corrected chi connectivity index (χ2v) is 10.6. The number of benzene rings is 1. The van der Waals surface area contributed by atoms with Crippen molar-refractivity contribution in [3.8, 4) is 6.07 Å². The summed E-state index contributed by atoms with van der Waals surface area (Å²) >= 11 is 0. The molecule has 1 aliphatic heterocycles. The number of nitrogens with one attached hydrogen (secondary N) is 2. The summed E-state index contributed by atoms with van der Waals surface area (Å²) in [7, 11) is -3.48. The van der Waals surface area contributed by atoms with Gasteiger partial charge in [0.25, 0.3) is 5.56 Å². The highest BCUT2D eigenvalue weighted by Gasteiger charge is 2.35. The molecule has 5 rings (SSSR count). The summed E-state index contributed by atoms with van der Waals surface area (Å²) in [6.45, 7) is 3.10. The summed E-state index contributed by atoms with van der Waals surface area (Å²) in [5.41, 5.74) is 1.03. The van der Waals surface area contributed by atoms with Gasteiger partial charge in [-0.25, -0.2) is 8.42 Å². The summed E-state index contributed by atoms with van der Waals surface area (Å²) < 4.78 is 28.6. The number of hydrogen-bond acceptors (Lipinski definition) is 6. The number of aromatic amines is 1. The van der Waals surface area contributed by atoms with Gasteiger partial charge >= 0.3 is 0 Å². The van der Waals surface area contributed by atoms with Crippen molar-refractivity contribution in [3.63, 3.8) is 0 Å². The van der Waals surface area contributed by atoms with E-state index in [1.165, 1.54) is 4.31 Å². The van der Waals surface area contributed by atoms with E-state index in [2.05, 4.69) is 21.5 Å². The van der Waals surface area contributed by atoms with Crippen LogP contribution in [0.5, 0.6) is 0 Å². The third kappa shape index (κ3) is 3.57. The lowest BCUT2D eigenvalue weighted by atomic mass is 10.1. The smallest absolute Gasteiger partial charge is 0.261 e. The van der Waals surface area contributed by atoms with E-state index in [4.69, 9.17) is 0 Å². The van der Waals surface area contributed by atoms with E-state index >= 15 is 0 Å². The number of hydrogen-bond donors (Lipinski definition) is 2. The van der Waals surface area contributed by atoms with Crippen LogP contribution < -0.4 is 10.9 Å². The van der Waals surface area contributed by atoms with E-state index in [0.29, 0.717) is 53.8 Å². The van der Waals surface area contributed by atoms with E-state index in [1.807, 2.05) is 6.92 Å². The van der Waals surface area contributed by atoms with Crippen molar-refractivity contribution in [2.24, 2.45) is 11.8 Å². The SMILES string of the molecule is CC1CN(S(=O)(=O)c2ccc(Nc3nn(C(CC#N)C4CC4)c4cc[nH]c(=O)c34)cc2)C1. The first-order valence-electron chi connectivity index (χ1n) is 10.7. The summed E-state index contributed by atoms with van der Waals surface area (Å²) in [5.74, 6) is 1.16. The highest BCUT2D eigenvalue weighted by molar-refractivity contribution is 7.89. The number of aromatic nitrogens is 3. The predicted molar refractivity (Wildman–Crippen MR) is 120 cm³/mol. The van der Waals surface area contributed by atoms with Crippen molar-refractivity contribution in [1.29, 1.82) is 5.26 Å². The zero-order valence-electron chi connectivity index (χ0n) is 17.7. The summed E-state index contributed by atoms with van der Waals surface area (Å²) in [6, 6.07) is 10.4. The zero-order chi connectivity index (χ0) is 22.5. The van der Waals surface area contributed by atoms with E-state index in [0.717, 1.165) is 12.8 Å². The Kier molecular flexibility index (Phi) is 5.03. The third-order valence-electron chi connectivity index (χ3n) is 6.20. The Hall–Kier alpha value is -3.16. The van der Waals surface area contributed by atoms with E-state index in [1.54, 1.807) is 41.2 Å². The van der Waals surface area contributed by atoms with Gasteiger partial charge < -0.3 is 10.3 Å². The number of anilines is 2. The maximum Gasteiger partial charge on any atom is 0.261 e. The molecule has 3 aromatic rings. The van der Waals surface area contributed by atoms with E-state index in [9.17, 15) is 18.5 Å². The van der Waals surface area contributed by atoms with Crippen LogP contribution in [0.2, 0.25) is 0 Å². The average molecular weight is 453 g/mol. The van der Waals surface area contributed by atoms with Crippen molar-refractivity contribution in [3.05, 3.63) is 46.9 Å². The molecular weight excluding hydrogens is 428 g/mol. The molecule has 3 heterocycles. The zero-order valence-corrected chi connectivity index (χ0v) is 18.5. The number of nitrogens with zero attached hydrogens (tertiary/aromatic N) is 4. The van der Waals surface area contributed by atoms with Crippen LogP contribution in [0.4, 0.5) is 11.5 Å². The van der Waals surface area contributed by atoms with Crippen LogP contribution in [0.15, 0.2) is 46.2 Å². The molecular formula is C22H24N6O3S. The van der Waals surface area contributed by atoms with Crippen molar-refractivity contribution in [2.75, 3.05) is 18.4 Å². The molecule has 0 spiro atoms. The molecule has 166 valence electrons. The van der Waals surface area contributed by atoms with E-state index in [-0.39, 0.29) is 16.5 Å². The number of H-pyrrole nitrogens is 1. The van der Waals surface area contributed by atoms with Gasteiger partial charge in [0.2, 0.25) is 10.0 Å². The summed E-state index contributed by atoms with van der Waals surface area (Å²) in [5, 5.41) is 17.5. The molecule has 1 saturated carbocycles. The van der Waals surface area contributed by atoms with Crippen molar-refractivity contribution >= 4 is 32.4 Å². The first-order valence-corrected chi connectivity index (χ1v) is 12.2. The molecule has 1 atom stereocenters. The molecule has 2 aliphatic rings. The van der Waals surface area contributed by atoms with Gasteiger partial charge in [0, 0.05) is 25.0 Å². The molecule has 10 heteroatoms.